The first-order valence-corrected chi connectivity index (χ1v) is 4.92. The first kappa shape index (κ1) is 11.9. The fourth-order valence-electron chi connectivity index (χ4n) is 1.26. The van der Waals surface area contributed by atoms with E-state index in [1.54, 1.807) is 6.07 Å². The topological polar surface area (TPSA) is 47.3 Å². The molecule has 1 atom stereocenters. The Balaban J connectivity index is 2.52. The average molecular weight is 212 g/mol. The van der Waals surface area contributed by atoms with Crippen molar-refractivity contribution in [2.75, 3.05) is 13.7 Å². The van der Waals surface area contributed by atoms with E-state index in [-0.39, 0.29) is 17.6 Å². The van der Waals surface area contributed by atoms with Gasteiger partial charge in [-0.05, 0) is 24.6 Å². The number of hydrogen-bond acceptors (Lipinski definition) is 3. The summed E-state index contributed by atoms with van der Waals surface area (Å²) in [5.41, 5.74) is 6.46. The van der Waals surface area contributed by atoms with Crippen molar-refractivity contribution in [3.8, 4) is 5.75 Å². The summed E-state index contributed by atoms with van der Waals surface area (Å²) in [6.45, 7) is 3.25. The summed E-state index contributed by atoms with van der Waals surface area (Å²) in [6.07, 6.45) is 0. The van der Waals surface area contributed by atoms with E-state index in [0.29, 0.717) is 13.1 Å². The minimum absolute atomic E-state index is 0.105. The van der Waals surface area contributed by atoms with E-state index in [1.807, 2.05) is 13.0 Å². The van der Waals surface area contributed by atoms with Gasteiger partial charge in [0.05, 0.1) is 7.11 Å². The molecule has 1 aromatic carbocycles. The third-order valence-corrected chi connectivity index (χ3v) is 2.01. The summed E-state index contributed by atoms with van der Waals surface area (Å²) < 4.78 is 18.1. The average Bonchev–Trinajstić information content (AvgIpc) is 2.17. The number of hydrogen-bond donors (Lipinski definition) is 2. The lowest BCUT2D eigenvalue weighted by molar-refractivity contribution is 0.386. The number of halogens is 1. The zero-order valence-electron chi connectivity index (χ0n) is 9.09. The Labute approximate surface area is 89.4 Å². The number of nitrogens with one attached hydrogen (secondary N) is 1. The van der Waals surface area contributed by atoms with Crippen molar-refractivity contribution in [1.82, 2.24) is 5.32 Å². The molecule has 0 aliphatic carbocycles. The normalized spacial score (nSPS) is 12.5. The van der Waals surface area contributed by atoms with Gasteiger partial charge >= 0.3 is 0 Å². The van der Waals surface area contributed by atoms with E-state index in [4.69, 9.17) is 10.5 Å². The quantitative estimate of drug-likeness (QED) is 0.772. The molecule has 0 aromatic heterocycles. The molecule has 0 spiro atoms. The lowest BCUT2D eigenvalue weighted by atomic mass is 10.2. The number of ether oxygens (including phenoxy) is 1. The Morgan fingerprint density at radius 2 is 2.27 bits per heavy atom. The van der Waals surface area contributed by atoms with Crippen LogP contribution in [0.2, 0.25) is 0 Å². The van der Waals surface area contributed by atoms with E-state index < -0.39 is 0 Å². The summed E-state index contributed by atoms with van der Waals surface area (Å²) in [6, 6.07) is 5.02. The maximum absolute atomic E-state index is 13.3. The van der Waals surface area contributed by atoms with E-state index >= 15 is 0 Å². The molecule has 3 nitrogen and oxygen atoms in total. The number of rotatable bonds is 5. The second-order valence-electron chi connectivity index (χ2n) is 3.58. The summed E-state index contributed by atoms with van der Waals surface area (Å²) in [7, 11) is 1.45. The Morgan fingerprint density at radius 1 is 1.53 bits per heavy atom. The molecule has 1 unspecified atom stereocenters. The van der Waals surface area contributed by atoms with Gasteiger partial charge in [0.2, 0.25) is 0 Å². The Kier molecular flexibility index (Phi) is 4.52. The third kappa shape index (κ3) is 3.85. The molecule has 0 bridgehead atoms. The molecule has 0 saturated carbocycles. The SMILES string of the molecule is COc1ccc(CNCC(C)N)cc1F. The van der Waals surface area contributed by atoms with Crippen molar-refractivity contribution < 1.29 is 9.13 Å². The van der Waals surface area contributed by atoms with Crippen molar-refractivity contribution in [1.29, 1.82) is 0 Å². The maximum atomic E-state index is 13.3. The van der Waals surface area contributed by atoms with Gasteiger partial charge in [0.25, 0.3) is 0 Å². The van der Waals surface area contributed by atoms with Gasteiger partial charge < -0.3 is 15.8 Å². The number of methoxy groups -OCH3 is 1. The van der Waals surface area contributed by atoms with E-state index in [9.17, 15) is 4.39 Å². The summed E-state index contributed by atoms with van der Waals surface area (Å²) in [5, 5.41) is 3.13. The van der Waals surface area contributed by atoms with Crippen molar-refractivity contribution >= 4 is 0 Å². The van der Waals surface area contributed by atoms with Gasteiger partial charge in [-0.3, -0.25) is 0 Å². The molecule has 15 heavy (non-hydrogen) atoms. The van der Waals surface area contributed by atoms with Gasteiger partial charge in [-0.2, -0.15) is 0 Å². The van der Waals surface area contributed by atoms with Gasteiger partial charge in [-0.1, -0.05) is 6.07 Å². The summed E-state index contributed by atoms with van der Waals surface area (Å²) in [4.78, 5) is 0. The fraction of sp³-hybridized carbons (Fsp3) is 0.455. The van der Waals surface area contributed by atoms with E-state index in [0.717, 1.165) is 5.56 Å². The Bertz CT molecular complexity index is 315. The van der Waals surface area contributed by atoms with Crippen LogP contribution in [-0.2, 0) is 6.54 Å². The van der Waals surface area contributed by atoms with Crippen LogP contribution < -0.4 is 15.8 Å². The lowest BCUT2D eigenvalue weighted by Crippen LogP contribution is -2.30. The monoisotopic (exact) mass is 212 g/mol. The van der Waals surface area contributed by atoms with Crippen LogP contribution in [0, 0.1) is 5.82 Å². The highest BCUT2D eigenvalue weighted by Crippen LogP contribution is 2.17. The van der Waals surface area contributed by atoms with Gasteiger partial charge in [0.15, 0.2) is 11.6 Å². The highest BCUT2D eigenvalue weighted by Gasteiger charge is 2.03. The van der Waals surface area contributed by atoms with E-state index in [1.165, 1.54) is 13.2 Å². The first-order chi connectivity index (χ1) is 7.13. The van der Waals surface area contributed by atoms with E-state index in [2.05, 4.69) is 5.32 Å². The minimum Gasteiger partial charge on any atom is -0.494 e. The summed E-state index contributed by atoms with van der Waals surface area (Å²) in [5.74, 6) is -0.0662. The van der Waals surface area contributed by atoms with Gasteiger partial charge in [-0.25, -0.2) is 4.39 Å². The predicted octanol–water partition coefficient (Wildman–Crippen LogP) is 1.27. The highest BCUT2D eigenvalue weighted by atomic mass is 19.1. The van der Waals surface area contributed by atoms with Crippen LogP contribution >= 0.6 is 0 Å². The predicted molar refractivity (Wildman–Crippen MR) is 58.3 cm³/mol. The number of benzene rings is 1. The second kappa shape index (κ2) is 5.68. The molecule has 4 heteroatoms. The van der Waals surface area contributed by atoms with Crippen LogP contribution in [0.4, 0.5) is 4.39 Å². The van der Waals surface area contributed by atoms with Crippen LogP contribution in [0.3, 0.4) is 0 Å². The molecule has 0 heterocycles. The molecule has 0 saturated heterocycles. The zero-order valence-corrected chi connectivity index (χ0v) is 9.09. The third-order valence-electron chi connectivity index (χ3n) is 2.01. The second-order valence-corrected chi connectivity index (χ2v) is 3.58. The van der Waals surface area contributed by atoms with Crippen LogP contribution in [-0.4, -0.2) is 19.7 Å². The van der Waals surface area contributed by atoms with Crippen LogP contribution in [0.5, 0.6) is 5.75 Å². The van der Waals surface area contributed by atoms with Crippen LogP contribution in [0.15, 0.2) is 18.2 Å². The molecular weight excluding hydrogens is 195 g/mol. The highest BCUT2D eigenvalue weighted by molar-refractivity contribution is 5.29. The van der Waals surface area contributed by atoms with Gasteiger partial charge in [0, 0.05) is 19.1 Å². The molecular formula is C11H17FN2O. The molecule has 0 amide bonds. The van der Waals surface area contributed by atoms with Crippen LogP contribution in [0.1, 0.15) is 12.5 Å². The summed E-state index contributed by atoms with van der Waals surface area (Å²) >= 11 is 0. The zero-order chi connectivity index (χ0) is 11.3. The smallest absolute Gasteiger partial charge is 0.165 e. The van der Waals surface area contributed by atoms with Crippen molar-refractivity contribution in [3.63, 3.8) is 0 Å². The van der Waals surface area contributed by atoms with Gasteiger partial charge in [-0.15, -0.1) is 0 Å². The van der Waals surface area contributed by atoms with Crippen molar-refractivity contribution in [2.24, 2.45) is 5.73 Å². The number of nitrogens with two attached hydrogens (primary N) is 1. The molecule has 0 radical (unpaired) electrons. The minimum atomic E-state index is -0.336. The molecule has 1 aromatic rings. The first-order valence-electron chi connectivity index (χ1n) is 4.92. The van der Waals surface area contributed by atoms with Crippen molar-refractivity contribution in [2.45, 2.75) is 19.5 Å². The molecule has 0 aliphatic heterocycles. The molecule has 84 valence electrons. The fourth-order valence-corrected chi connectivity index (χ4v) is 1.26. The Morgan fingerprint density at radius 3 is 2.80 bits per heavy atom. The lowest BCUT2D eigenvalue weighted by Gasteiger charge is -2.08. The van der Waals surface area contributed by atoms with Crippen LogP contribution in [0.25, 0.3) is 0 Å². The molecule has 3 N–H and O–H groups in total. The maximum Gasteiger partial charge on any atom is 0.165 e. The Hall–Kier alpha value is -1.13. The molecule has 1 rings (SSSR count). The molecule has 0 fully saturated rings. The standard InChI is InChI=1S/C11H17FN2O/c1-8(13)6-14-7-9-3-4-11(15-2)10(12)5-9/h3-5,8,14H,6-7,13H2,1-2H3. The molecule has 0 aliphatic rings. The largest absolute Gasteiger partial charge is 0.494 e. The van der Waals surface area contributed by atoms with Crippen molar-refractivity contribution in [3.05, 3.63) is 29.6 Å². The van der Waals surface area contributed by atoms with Gasteiger partial charge in [0.1, 0.15) is 0 Å².